The second kappa shape index (κ2) is 4.93. The van der Waals surface area contributed by atoms with Crippen LogP contribution in [0.5, 0.6) is 0 Å². The lowest BCUT2D eigenvalue weighted by atomic mass is 10.0. The van der Waals surface area contributed by atoms with Gasteiger partial charge in [0.2, 0.25) is 0 Å². The Hall–Kier alpha value is -2.63. The third-order valence-electron chi connectivity index (χ3n) is 2.15. The van der Waals surface area contributed by atoms with Gasteiger partial charge in [-0.25, -0.2) is 4.79 Å². The van der Waals surface area contributed by atoms with Crippen LogP contribution in [0.15, 0.2) is 12.1 Å². The molecule has 0 amide bonds. The van der Waals surface area contributed by atoms with Crippen molar-refractivity contribution in [1.29, 1.82) is 5.26 Å². The van der Waals surface area contributed by atoms with Gasteiger partial charge in [0.1, 0.15) is 17.2 Å². The van der Waals surface area contributed by atoms with Gasteiger partial charge in [0.05, 0.1) is 17.6 Å². The number of hydrogen-bond donors (Lipinski definition) is 0. The normalized spacial score (nSPS) is 10.7. The summed E-state index contributed by atoms with van der Waals surface area (Å²) in [6.07, 6.45) is -4.84. The maximum Gasteiger partial charge on any atom is 0.416 e. The van der Waals surface area contributed by atoms with Gasteiger partial charge in [-0.2, -0.15) is 18.4 Å². The van der Waals surface area contributed by atoms with Gasteiger partial charge in [0.25, 0.3) is 0 Å². The minimum absolute atomic E-state index is 0.283. The standard InChI is InChI=1S/C10H5F3N2O4/c1-19-9(16)7-3-6(10(11,12)13)2-5(4-14)8(7)15(17)18/h2-3H,1H3. The van der Waals surface area contributed by atoms with E-state index in [0.29, 0.717) is 6.07 Å². The first-order valence-electron chi connectivity index (χ1n) is 4.60. The minimum Gasteiger partial charge on any atom is -0.465 e. The third-order valence-corrected chi connectivity index (χ3v) is 2.15. The van der Waals surface area contributed by atoms with Gasteiger partial charge < -0.3 is 4.74 Å². The van der Waals surface area contributed by atoms with Gasteiger partial charge in [0, 0.05) is 0 Å². The smallest absolute Gasteiger partial charge is 0.416 e. The molecule has 1 rings (SSSR count). The fraction of sp³-hybridized carbons (Fsp3) is 0.200. The molecule has 6 nitrogen and oxygen atoms in total. The monoisotopic (exact) mass is 274 g/mol. The molecule has 0 aliphatic rings. The Bertz CT molecular complexity index is 590. The molecule has 0 fully saturated rings. The van der Waals surface area contributed by atoms with Crippen molar-refractivity contribution in [2.24, 2.45) is 0 Å². The summed E-state index contributed by atoms with van der Waals surface area (Å²) in [5.74, 6) is -1.32. The molecule has 0 aromatic heterocycles. The van der Waals surface area contributed by atoms with E-state index in [2.05, 4.69) is 4.74 Å². The maximum atomic E-state index is 12.6. The number of esters is 1. The molecule has 9 heteroatoms. The number of nitrogens with zero attached hydrogens (tertiary/aromatic N) is 2. The zero-order valence-corrected chi connectivity index (χ0v) is 9.32. The second-order valence-corrected chi connectivity index (χ2v) is 3.28. The van der Waals surface area contributed by atoms with E-state index in [0.717, 1.165) is 7.11 Å². The summed E-state index contributed by atoms with van der Waals surface area (Å²) in [4.78, 5) is 20.9. The van der Waals surface area contributed by atoms with Crippen molar-refractivity contribution in [3.8, 4) is 6.07 Å². The van der Waals surface area contributed by atoms with E-state index in [1.54, 1.807) is 0 Å². The number of benzene rings is 1. The van der Waals surface area contributed by atoms with Crippen LogP contribution in [0.2, 0.25) is 0 Å². The number of carbonyl (C=O) groups is 1. The van der Waals surface area contributed by atoms with Crippen LogP contribution in [-0.2, 0) is 10.9 Å². The molecule has 0 spiro atoms. The summed E-state index contributed by atoms with van der Waals surface area (Å²) >= 11 is 0. The Balaban J connectivity index is 3.71. The predicted molar refractivity (Wildman–Crippen MR) is 54.2 cm³/mol. The molecule has 1 aromatic rings. The molecule has 0 radical (unpaired) electrons. The molecule has 0 bridgehead atoms. The van der Waals surface area contributed by atoms with Crippen molar-refractivity contribution < 1.29 is 27.6 Å². The Kier molecular flexibility index (Phi) is 3.75. The van der Waals surface area contributed by atoms with Crippen LogP contribution in [0.25, 0.3) is 0 Å². The van der Waals surface area contributed by atoms with Crippen LogP contribution in [0.4, 0.5) is 18.9 Å². The summed E-state index contributed by atoms with van der Waals surface area (Å²) in [5, 5.41) is 19.4. The molecule has 19 heavy (non-hydrogen) atoms. The summed E-state index contributed by atoms with van der Waals surface area (Å²) in [6, 6.07) is 1.85. The van der Waals surface area contributed by atoms with Crippen molar-refractivity contribution in [3.05, 3.63) is 38.9 Å². The topological polar surface area (TPSA) is 93.2 Å². The van der Waals surface area contributed by atoms with Gasteiger partial charge in [-0.05, 0) is 12.1 Å². The molecule has 0 saturated carbocycles. The van der Waals surface area contributed by atoms with E-state index in [1.807, 2.05) is 0 Å². The zero-order chi connectivity index (χ0) is 14.8. The molecule has 0 heterocycles. The molecular weight excluding hydrogens is 269 g/mol. The fourth-order valence-electron chi connectivity index (χ4n) is 1.35. The average molecular weight is 274 g/mol. The van der Waals surface area contributed by atoms with Gasteiger partial charge in [-0.3, -0.25) is 10.1 Å². The Morgan fingerprint density at radius 1 is 1.47 bits per heavy atom. The molecule has 0 N–H and O–H groups in total. The van der Waals surface area contributed by atoms with Gasteiger partial charge >= 0.3 is 17.8 Å². The molecular formula is C10H5F3N2O4. The van der Waals surface area contributed by atoms with E-state index >= 15 is 0 Å². The van der Waals surface area contributed by atoms with Crippen LogP contribution < -0.4 is 0 Å². The third kappa shape index (κ3) is 2.79. The lowest BCUT2D eigenvalue weighted by Gasteiger charge is -2.09. The Morgan fingerprint density at radius 3 is 2.42 bits per heavy atom. The number of rotatable bonds is 2. The van der Waals surface area contributed by atoms with Crippen LogP contribution in [0.1, 0.15) is 21.5 Å². The van der Waals surface area contributed by atoms with E-state index in [4.69, 9.17) is 5.26 Å². The number of halogens is 3. The highest BCUT2D eigenvalue weighted by Gasteiger charge is 2.36. The van der Waals surface area contributed by atoms with Gasteiger partial charge in [0.15, 0.2) is 0 Å². The number of nitro groups is 1. The van der Waals surface area contributed by atoms with Crippen molar-refractivity contribution >= 4 is 11.7 Å². The SMILES string of the molecule is COC(=O)c1cc(C(F)(F)F)cc(C#N)c1[N+](=O)[O-]. The molecule has 1 aromatic carbocycles. The van der Waals surface area contributed by atoms with E-state index in [1.165, 1.54) is 6.07 Å². The quantitative estimate of drug-likeness (QED) is 0.468. The largest absolute Gasteiger partial charge is 0.465 e. The van der Waals surface area contributed by atoms with E-state index in [9.17, 15) is 28.1 Å². The number of nitriles is 1. The number of nitro benzene ring substituents is 1. The summed E-state index contributed by atoms with van der Waals surface area (Å²) in [7, 11) is 0.859. The first-order chi connectivity index (χ1) is 8.72. The van der Waals surface area contributed by atoms with Crippen LogP contribution >= 0.6 is 0 Å². The highest BCUT2D eigenvalue weighted by atomic mass is 19.4. The average Bonchev–Trinajstić information content (AvgIpc) is 2.34. The molecule has 100 valence electrons. The highest BCUT2D eigenvalue weighted by Crippen LogP contribution is 2.35. The number of methoxy groups -OCH3 is 1. The van der Waals surface area contributed by atoms with Crippen LogP contribution in [0, 0.1) is 21.4 Å². The fourth-order valence-corrected chi connectivity index (χ4v) is 1.35. The Labute approximate surface area is 104 Å². The molecule has 0 unspecified atom stereocenters. The molecule has 0 atom stereocenters. The van der Waals surface area contributed by atoms with E-state index < -0.39 is 39.4 Å². The summed E-state index contributed by atoms with van der Waals surface area (Å²) < 4.78 is 41.8. The number of hydrogen-bond acceptors (Lipinski definition) is 5. The first kappa shape index (κ1) is 14.4. The van der Waals surface area contributed by atoms with Crippen LogP contribution in [-0.4, -0.2) is 18.0 Å². The lowest BCUT2D eigenvalue weighted by molar-refractivity contribution is -0.385. The van der Waals surface area contributed by atoms with Crippen LogP contribution in [0.3, 0.4) is 0 Å². The highest BCUT2D eigenvalue weighted by molar-refractivity contribution is 5.95. The second-order valence-electron chi connectivity index (χ2n) is 3.28. The zero-order valence-electron chi connectivity index (χ0n) is 9.32. The number of ether oxygens (including phenoxy) is 1. The first-order valence-corrected chi connectivity index (χ1v) is 4.60. The van der Waals surface area contributed by atoms with E-state index in [-0.39, 0.29) is 6.07 Å². The predicted octanol–water partition coefficient (Wildman–Crippen LogP) is 2.27. The van der Waals surface area contributed by atoms with Crippen molar-refractivity contribution in [2.75, 3.05) is 7.11 Å². The van der Waals surface area contributed by atoms with Crippen molar-refractivity contribution in [3.63, 3.8) is 0 Å². The summed E-state index contributed by atoms with van der Waals surface area (Å²) in [6.45, 7) is 0. The molecule has 0 aliphatic carbocycles. The molecule has 0 aliphatic heterocycles. The van der Waals surface area contributed by atoms with Crippen molar-refractivity contribution in [2.45, 2.75) is 6.18 Å². The van der Waals surface area contributed by atoms with Crippen molar-refractivity contribution in [1.82, 2.24) is 0 Å². The number of carbonyl (C=O) groups excluding carboxylic acids is 1. The summed E-state index contributed by atoms with van der Waals surface area (Å²) in [5.41, 5.74) is -4.13. The Morgan fingerprint density at radius 2 is 2.05 bits per heavy atom. The minimum atomic E-state index is -4.84. The number of alkyl halides is 3. The van der Waals surface area contributed by atoms with Gasteiger partial charge in [-0.15, -0.1) is 0 Å². The van der Waals surface area contributed by atoms with Gasteiger partial charge in [-0.1, -0.05) is 0 Å². The molecule has 0 saturated heterocycles. The maximum absolute atomic E-state index is 12.6. The lowest BCUT2D eigenvalue weighted by Crippen LogP contribution is -2.12.